The molecule has 3 heterocycles. The second-order valence-corrected chi connectivity index (χ2v) is 9.15. The first-order valence-corrected chi connectivity index (χ1v) is 11.9. The number of hydrogen-bond donors (Lipinski definition) is 2. The monoisotopic (exact) mass is 478 g/mol. The van der Waals surface area contributed by atoms with E-state index in [9.17, 15) is 14.0 Å². The van der Waals surface area contributed by atoms with Crippen LogP contribution in [0, 0.1) is 5.82 Å². The predicted octanol–water partition coefficient (Wildman–Crippen LogP) is 3.37. The van der Waals surface area contributed by atoms with Gasteiger partial charge in [0.2, 0.25) is 5.91 Å². The number of hydrogen-bond acceptors (Lipinski definition) is 4. The Morgan fingerprint density at radius 1 is 1.09 bits per heavy atom. The number of nitrogens with zero attached hydrogens (tertiary/aromatic N) is 4. The van der Waals surface area contributed by atoms with Gasteiger partial charge in [-0.2, -0.15) is 5.10 Å². The van der Waals surface area contributed by atoms with E-state index in [-0.39, 0.29) is 36.4 Å². The molecule has 9 heteroatoms. The number of piperidine rings is 1. The number of urea groups is 1. The van der Waals surface area contributed by atoms with Gasteiger partial charge in [0.25, 0.3) is 0 Å². The number of carbonyl (C=O) groups is 2. The van der Waals surface area contributed by atoms with E-state index in [2.05, 4.69) is 15.6 Å². The summed E-state index contributed by atoms with van der Waals surface area (Å²) >= 11 is 0. The number of pyridine rings is 1. The molecule has 1 aliphatic rings. The molecule has 1 saturated heterocycles. The third-order valence-corrected chi connectivity index (χ3v) is 6.03. The number of nitrogens with one attached hydrogen (secondary N) is 2. The lowest BCUT2D eigenvalue weighted by molar-refractivity contribution is -0.133. The fourth-order valence-corrected chi connectivity index (χ4v) is 4.20. The SMILES string of the molecule is CC(C)NC(=O)NC1CCN(C(=O)Cn2nc(-c3ccncc3)cc2Cc2ccc(F)cc2)CC1. The topological polar surface area (TPSA) is 92.2 Å². The molecular weight excluding hydrogens is 447 g/mol. The van der Waals surface area contributed by atoms with Gasteiger partial charge in [0.15, 0.2) is 0 Å². The van der Waals surface area contributed by atoms with E-state index in [0.29, 0.717) is 32.4 Å². The predicted molar refractivity (Wildman–Crippen MR) is 131 cm³/mol. The van der Waals surface area contributed by atoms with E-state index in [1.54, 1.807) is 29.2 Å². The van der Waals surface area contributed by atoms with E-state index < -0.39 is 0 Å². The molecule has 0 saturated carbocycles. The molecule has 1 aliphatic heterocycles. The van der Waals surface area contributed by atoms with Crippen molar-refractivity contribution in [3.8, 4) is 11.3 Å². The van der Waals surface area contributed by atoms with Gasteiger partial charge in [0.1, 0.15) is 12.4 Å². The summed E-state index contributed by atoms with van der Waals surface area (Å²) in [4.78, 5) is 31.0. The molecule has 3 aromatic rings. The number of carbonyl (C=O) groups excluding carboxylic acids is 2. The first kappa shape index (κ1) is 24.4. The van der Waals surface area contributed by atoms with E-state index >= 15 is 0 Å². The molecule has 35 heavy (non-hydrogen) atoms. The first-order chi connectivity index (χ1) is 16.9. The Morgan fingerprint density at radius 3 is 2.43 bits per heavy atom. The minimum atomic E-state index is -0.283. The Hall–Kier alpha value is -3.75. The lowest BCUT2D eigenvalue weighted by Gasteiger charge is -2.32. The molecule has 1 aromatic carbocycles. The van der Waals surface area contributed by atoms with Crippen molar-refractivity contribution in [2.45, 2.75) is 51.7 Å². The summed E-state index contributed by atoms with van der Waals surface area (Å²) in [5.74, 6) is -0.297. The van der Waals surface area contributed by atoms with Crippen molar-refractivity contribution >= 4 is 11.9 Å². The molecule has 184 valence electrons. The second-order valence-electron chi connectivity index (χ2n) is 9.15. The van der Waals surface area contributed by atoms with Crippen LogP contribution in [0.1, 0.15) is 37.9 Å². The van der Waals surface area contributed by atoms with Crippen molar-refractivity contribution in [3.63, 3.8) is 0 Å². The van der Waals surface area contributed by atoms with Crippen LogP contribution in [0.4, 0.5) is 9.18 Å². The molecule has 1 fully saturated rings. The Balaban J connectivity index is 1.43. The summed E-state index contributed by atoms with van der Waals surface area (Å²) in [5.41, 5.74) is 3.49. The van der Waals surface area contributed by atoms with Crippen LogP contribution in [0.25, 0.3) is 11.3 Å². The van der Waals surface area contributed by atoms with Crippen LogP contribution in [0.2, 0.25) is 0 Å². The molecule has 2 N–H and O–H groups in total. The molecule has 0 unspecified atom stereocenters. The quantitative estimate of drug-likeness (QED) is 0.545. The maximum absolute atomic E-state index is 13.4. The van der Waals surface area contributed by atoms with Crippen molar-refractivity contribution in [2.75, 3.05) is 13.1 Å². The van der Waals surface area contributed by atoms with Crippen LogP contribution in [0.15, 0.2) is 54.9 Å². The largest absolute Gasteiger partial charge is 0.341 e. The number of aromatic nitrogens is 3. The third-order valence-electron chi connectivity index (χ3n) is 6.03. The zero-order valence-electron chi connectivity index (χ0n) is 20.1. The van der Waals surface area contributed by atoms with Crippen molar-refractivity contribution < 1.29 is 14.0 Å². The summed E-state index contributed by atoms with van der Waals surface area (Å²) < 4.78 is 15.1. The molecule has 2 aromatic heterocycles. The van der Waals surface area contributed by atoms with E-state index in [1.807, 2.05) is 36.9 Å². The highest BCUT2D eigenvalue weighted by Gasteiger charge is 2.25. The summed E-state index contributed by atoms with van der Waals surface area (Å²) in [6, 6.07) is 12.0. The highest BCUT2D eigenvalue weighted by molar-refractivity contribution is 5.77. The van der Waals surface area contributed by atoms with Gasteiger partial charge in [-0.3, -0.25) is 14.5 Å². The van der Waals surface area contributed by atoms with Gasteiger partial charge in [-0.15, -0.1) is 0 Å². The van der Waals surface area contributed by atoms with Crippen LogP contribution < -0.4 is 10.6 Å². The average Bonchev–Trinajstić information content (AvgIpc) is 3.23. The first-order valence-electron chi connectivity index (χ1n) is 11.9. The highest BCUT2D eigenvalue weighted by Crippen LogP contribution is 2.21. The number of likely N-dealkylation sites (tertiary alicyclic amines) is 1. The van der Waals surface area contributed by atoms with Crippen molar-refractivity contribution in [1.29, 1.82) is 0 Å². The fraction of sp³-hybridized carbons (Fsp3) is 0.385. The van der Waals surface area contributed by atoms with Crippen LogP contribution >= 0.6 is 0 Å². The molecule has 0 atom stereocenters. The standard InChI is InChI=1S/C26H31FN6O2/c1-18(2)29-26(35)30-22-9-13-32(14-10-22)25(34)17-33-23(15-19-3-5-21(27)6-4-19)16-24(31-33)20-7-11-28-12-8-20/h3-8,11-12,16,18,22H,9-10,13-15,17H2,1-2H3,(H2,29,30,35). The Kier molecular flexibility index (Phi) is 7.74. The summed E-state index contributed by atoms with van der Waals surface area (Å²) in [6.45, 7) is 5.11. The molecule has 4 rings (SSSR count). The summed E-state index contributed by atoms with van der Waals surface area (Å²) in [5, 5.41) is 10.5. The molecule has 8 nitrogen and oxygen atoms in total. The lowest BCUT2D eigenvalue weighted by Crippen LogP contribution is -2.50. The third kappa shape index (κ3) is 6.65. The van der Waals surface area contributed by atoms with Gasteiger partial charge in [-0.1, -0.05) is 12.1 Å². The van der Waals surface area contributed by atoms with Crippen LogP contribution in [-0.2, 0) is 17.8 Å². The second kappa shape index (κ2) is 11.1. The molecule has 0 radical (unpaired) electrons. The van der Waals surface area contributed by atoms with Crippen LogP contribution in [0.5, 0.6) is 0 Å². The number of rotatable bonds is 7. The van der Waals surface area contributed by atoms with Gasteiger partial charge in [-0.25, -0.2) is 9.18 Å². The Morgan fingerprint density at radius 2 is 1.77 bits per heavy atom. The van der Waals surface area contributed by atoms with Crippen molar-refractivity contribution in [1.82, 2.24) is 30.3 Å². The summed E-state index contributed by atoms with van der Waals surface area (Å²) in [6.07, 6.45) is 5.36. The number of halogens is 1. The van der Waals surface area contributed by atoms with Crippen LogP contribution in [0.3, 0.4) is 0 Å². The van der Waals surface area contributed by atoms with Crippen molar-refractivity contribution in [3.05, 3.63) is 71.9 Å². The molecular formula is C26H31FN6O2. The van der Waals surface area contributed by atoms with Gasteiger partial charge in [0, 0.05) is 55.2 Å². The lowest BCUT2D eigenvalue weighted by atomic mass is 10.1. The Bertz CT molecular complexity index is 1140. The van der Waals surface area contributed by atoms with E-state index in [4.69, 9.17) is 5.10 Å². The number of benzene rings is 1. The van der Waals surface area contributed by atoms with Crippen molar-refractivity contribution in [2.24, 2.45) is 0 Å². The molecule has 0 bridgehead atoms. The zero-order valence-corrected chi connectivity index (χ0v) is 20.1. The van der Waals surface area contributed by atoms with E-state index in [1.165, 1.54) is 12.1 Å². The maximum Gasteiger partial charge on any atom is 0.315 e. The molecule has 0 spiro atoms. The highest BCUT2D eigenvalue weighted by atomic mass is 19.1. The van der Waals surface area contributed by atoms with Gasteiger partial charge in [0.05, 0.1) is 5.69 Å². The van der Waals surface area contributed by atoms with Gasteiger partial charge < -0.3 is 15.5 Å². The minimum absolute atomic E-state index is 0.0141. The zero-order chi connectivity index (χ0) is 24.8. The minimum Gasteiger partial charge on any atom is -0.341 e. The fourth-order valence-electron chi connectivity index (χ4n) is 4.20. The van der Waals surface area contributed by atoms with Gasteiger partial charge in [-0.05, 0) is 62.6 Å². The molecule has 0 aliphatic carbocycles. The average molecular weight is 479 g/mol. The van der Waals surface area contributed by atoms with E-state index in [0.717, 1.165) is 22.5 Å². The van der Waals surface area contributed by atoms with Crippen LogP contribution in [-0.4, -0.2) is 56.8 Å². The summed E-state index contributed by atoms with van der Waals surface area (Å²) in [7, 11) is 0. The smallest absolute Gasteiger partial charge is 0.315 e. The van der Waals surface area contributed by atoms with Gasteiger partial charge >= 0.3 is 6.03 Å². The maximum atomic E-state index is 13.4. The number of amides is 3. The normalized spacial score (nSPS) is 14.2. The molecule has 3 amide bonds. The Labute approximate surface area is 204 Å².